The summed E-state index contributed by atoms with van der Waals surface area (Å²) in [5.41, 5.74) is 0.719. The maximum atomic E-state index is 12.3. The number of aliphatic hydroxyl groups excluding tert-OH is 1. The van der Waals surface area contributed by atoms with Crippen LogP contribution in [0.3, 0.4) is 0 Å². The van der Waals surface area contributed by atoms with E-state index in [1.165, 1.54) is 0 Å². The summed E-state index contributed by atoms with van der Waals surface area (Å²) in [6, 6.07) is 1.55. The number of allylic oxidation sites excluding steroid dienone is 1. The summed E-state index contributed by atoms with van der Waals surface area (Å²) in [5, 5.41) is 17.0. The lowest BCUT2D eigenvalue weighted by Gasteiger charge is -2.42. The van der Waals surface area contributed by atoms with Crippen molar-refractivity contribution in [2.75, 3.05) is 6.61 Å². The van der Waals surface area contributed by atoms with Gasteiger partial charge in [-0.2, -0.15) is 5.10 Å². The van der Waals surface area contributed by atoms with E-state index in [-0.39, 0.29) is 18.0 Å². The lowest BCUT2D eigenvalue weighted by Crippen LogP contribution is -2.56. The first-order valence-corrected chi connectivity index (χ1v) is 6.97. The summed E-state index contributed by atoms with van der Waals surface area (Å²) in [6.45, 7) is 2.51. The molecule has 1 aliphatic heterocycles. The highest BCUT2D eigenvalue weighted by molar-refractivity contribution is 5.94. The molecule has 0 radical (unpaired) electrons. The molecule has 0 saturated heterocycles. The summed E-state index contributed by atoms with van der Waals surface area (Å²) in [5.74, 6) is 0.625. The Labute approximate surface area is 117 Å². The topological polar surface area (TPSA) is 76.4 Å². The largest absolute Gasteiger partial charge is 0.498 e. The summed E-state index contributed by atoms with van der Waals surface area (Å²) in [6.07, 6.45) is 5.20. The van der Waals surface area contributed by atoms with Crippen molar-refractivity contribution in [3.8, 4) is 0 Å². The van der Waals surface area contributed by atoms with Crippen LogP contribution in [-0.2, 0) is 9.53 Å². The smallest absolute Gasteiger partial charge is 0.250 e. The van der Waals surface area contributed by atoms with Gasteiger partial charge >= 0.3 is 0 Å². The molecule has 6 heteroatoms. The fourth-order valence-electron chi connectivity index (χ4n) is 2.84. The molecule has 1 aromatic rings. The van der Waals surface area contributed by atoms with Crippen LogP contribution in [0, 0.1) is 0 Å². The molecule has 0 unspecified atom stereocenters. The number of hydrogen-bond acceptors (Lipinski definition) is 4. The molecule has 108 valence electrons. The molecule has 0 bridgehead atoms. The molecule has 0 aromatic carbocycles. The predicted octanol–water partition coefficient (Wildman–Crippen LogP) is 0.758. The maximum absolute atomic E-state index is 12.3. The Hall–Kier alpha value is -1.82. The van der Waals surface area contributed by atoms with Gasteiger partial charge in [0.2, 0.25) is 0 Å². The van der Waals surface area contributed by atoms with E-state index in [0.717, 1.165) is 18.4 Å². The van der Waals surface area contributed by atoms with Gasteiger partial charge in [0.1, 0.15) is 5.76 Å². The van der Waals surface area contributed by atoms with Crippen LogP contribution in [0.2, 0.25) is 0 Å². The van der Waals surface area contributed by atoms with E-state index < -0.39 is 6.10 Å². The average molecular weight is 277 g/mol. The predicted molar refractivity (Wildman–Crippen MR) is 71.7 cm³/mol. The van der Waals surface area contributed by atoms with Gasteiger partial charge < -0.3 is 15.2 Å². The van der Waals surface area contributed by atoms with Crippen molar-refractivity contribution < 1.29 is 14.6 Å². The zero-order chi connectivity index (χ0) is 14.1. The minimum atomic E-state index is -0.460. The Kier molecular flexibility index (Phi) is 3.48. The Morgan fingerprint density at radius 1 is 1.60 bits per heavy atom. The minimum absolute atomic E-state index is 0.0837. The maximum Gasteiger partial charge on any atom is 0.250 e. The second-order valence-electron chi connectivity index (χ2n) is 5.35. The van der Waals surface area contributed by atoms with Gasteiger partial charge in [0.15, 0.2) is 0 Å². The highest BCUT2D eigenvalue weighted by Gasteiger charge is 2.43. The normalized spacial score (nSPS) is 29.6. The number of rotatable bonds is 3. The molecule has 3 atom stereocenters. The Bertz CT molecular complexity index is 524. The number of hydrogen-bond donors (Lipinski definition) is 2. The second kappa shape index (κ2) is 5.28. The van der Waals surface area contributed by atoms with Crippen LogP contribution in [0.1, 0.15) is 32.2 Å². The van der Waals surface area contributed by atoms with E-state index in [4.69, 9.17) is 4.74 Å². The highest BCUT2D eigenvalue weighted by atomic mass is 16.5. The number of nitrogens with zero attached hydrogens (tertiary/aromatic N) is 2. The molecule has 0 spiro atoms. The first kappa shape index (κ1) is 13.2. The van der Waals surface area contributed by atoms with Crippen molar-refractivity contribution in [2.45, 2.75) is 44.4 Å². The number of amides is 1. The fourth-order valence-corrected chi connectivity index (χ4v) is 2.84. The zero-order valence-electron chi connectivity index (χ0n) is 11.5. The first-order chi connectivity index (χ1) is 9.66. The molecule has 2 heterocycles. The monoisotopic (exact) mass is 277 g/mol. The molecule has 6 nitrogen and oxygen atoms in total. The van der Waals surface area contributed by atoms with Crippen molar-refractivity contribution in [2.24, 2.45) is 0 Å². The summed E-state index contributed by atoms with van der Waals surface area (Å²) < 4.78 is 7.12. The molecule has 2 N–H and O–H groups in total. The van der Waals surface area contributed by atoms with Gasteiger partial charge in [-0.05, 0) is 32.3 Å². The third-order valence-corrected chi connectivity index (χ3v) is 4.04. The van der Waals surface area contributed by atoms with Crippen LogP contribution < -0.4 is 5.32 Å². The lowest BCUT2D eigenvalue weighted by molar-refractivity contribution is -0.121. The first-order valence-electron chi connectivity index (χ1n) is 6.97. The standard InChI is InChI=1S/C14H19N3O3/c1-9-10(4-2-7-20-9)14(19)16-11-8-12(18)13(11)17-6-3-5-15-17/h3,5-6,11-13,18H,2,4,7-8H2,1H3,(H,16,19)/t11-,12+,13+/m0/s1. The summed E-state index contributed by atoms with van der Waals surface area (Å²) in [7, 11) is 0. The van der Waals surface area contributed by atoms with Gasteiger partial charge in [0, 0.05) is 12.4 Å². The number of aliphatic hydroxyl groups is 1. The van der Waals surface area contributed by atoms with Crippen LogP contribution in [-0.4, -0.2) is 39.5 Å². The van der Waals surface area contributed by atoms with Crippen LogP contribution in [0.25, 0.3) is 0 Å². The van der Waals surface area contributed by atoms with Crippen molar-refractivity contribution in [1.82, 2.24) is 15.1 Å². The Balaban J connectivity index is 1.68. The molecule has 20 heavy (non-hydrogen) atoms. The highest BCUT2D eigenvalue weighted by Crippen LogP contribution is 2.32. The molecule has 1 amide bonds. The SMILES string of the molecule is CC1=C(C(=O)N[C@H]2C[C@@H](O)[C@@H]2n2cccn2)CCCO1. The second-order valence-corrected chi connectivity index (χ2v) is 5.35. The van der Waals surface area contributed by atoms with Gasteiger partial charge in [0.05, 0.1) is 30.4 Å². The van der Waals surface area contributed by atoms with Gasteiger partial charge in [-0.15, -0.1) is 0 Å². The van der Waals surface area contributed by atoms with E-state index in [9.17, 15) is 9.90 Å². The van der Waals surface area contributed by atoms with Crippen molar-refractivity contribution >= 4 is 5.91 Å². The fraction of sp³-hybridized carbons (Fsp3) is 0.571. The van der Waals surface area contributed by atoms with E-state index >= 15 is 0 Å². The molecule has 2 aliphatic rings. The molecular weight excluding hydrogens is 258 g/mol. The molecule has 1 aromatic heterocycles. The van der Waals surface area contributed by atoms with Crippen molar-refractivity contribution in [3.63, 3.8) is 0 Å². The Morgan fingerprint density at radius 2 is 2.45 bits per heavy atom. The zero-order valence-corrected chi connectivity index (χ0v) is 11.5. The van der Waals surface area contributed by atoms with Crippen LogP contribution >= 0.6 is 0 Å². The van der Waals surface area contributed by atoms with Crippen LogP contribution in [0.15, 0.2) is 29.8 Å². The van der Waals surface area contributed by atoms with Gasteiger partial charge in [0.25, 0.3) is 5.91 Å². The quantitative estimate of drug-likeness (QED) is 0.855. The van der Waals surface area contributed by atoms with E-state index in [2.05, 4.69) is 10.4 Å². The summed E-state index contributed by atoms with van der Waals surface area (Å²) >= 11 is 0. The Morgan fingerprint density at radius 3 is 3.10 bits per heavy atom. The number of aromatic nitrogens is 2. The summed E-state index contributed by atoms with van der Waals surface area (Å²) in [4.78, 5) is 12.3. The molecule has 1 saturated carbocycles. The lowest BCUT2D eigenvalue weighted by atomic mass is 9.82. The van der Waals surface area contributed by atoms with Gasteiger partial charge in [-0.3, -0.25) is 9.48 Å². The van der Waals surface area contributed by atoms with Gasteiger partial charge in [-0.1, -0.05) is 0 Å². The van der Waals surface area contributed by atoms with E-state index in [0.29, 0.717) is 18.8 Å². The van der Waals surface area contributed by atoms with Crippen LogP contribution in [0.4, 0.5) is 0 Å². The molecule has 3 rings (SSSR count). The molecule has 1 aliphatic carbocycles. The average Bonchev–Trinajstić information content (AvgIpc) is 2.91. The minimum Gasteiger partial charge on any atom is -0.498 e. The number of carbonyl (C=O) groups is 1. The van der Waals surface area contributed by atoms with Crippen molar-refractivity contribution in [3.05, 3.63) is 29.8 Å². The van der Waals surface area contributed by atoms with Crippen LogP contribution in [0.5, 0.6) is 0 Å². The third-order valence-electron chi connectivity index (χ3n) is 4.04. The number of ether oxygens (including phenoxy) is 1. The van der Waals surface area contributed by atoms with Crippen molar-refractivity contribution in [1.29, 1.82) is 0 Å². The van der Waals surface area contributed by atoms with E-state index in [1.807, 2.05) is 13.0 Å². The molecular formula is C14H19N3O3. The third kappa shape index (κ3) is 2.31. The number of carbonyl (C=O) groups excluding carboxylic acids is 1. The van der Waals surface area contributed by atoms with E-state index in [1.54, 1.807) is 17.1 Å². The molecule has 1 fully saturated rings. The van der Waals surface area contributed by atoms with Gasteiger partial charge in [-0.25, -0.2) is 0 Å². The number of nitrogens with one attached hydrogen (secondary N) is 1.